The van der Waals surface area contributed by atoms with Crippen LogP contribution in [0.15, 0.2) is 36.4 Å². The first kappa shape index (κ1) is 13.2. The molecular weight excluding hydrogens is 321 g/mol. The van der Waals surface area contributed by atoms with Gasteiger partial charge in [-0.15, -0.1) is 10.2 Å². The van der Waals surface area contributed by atoms with Gasteiger partial charge >= 0.3 is 0 Å². The first-order valence-corrected chi connectivity index (χ1v) is 7.54. The van der Waals surface area contributed by atoms with E-state index in [2.05, 4.69) is 26.1 Å². The largest absolute Gasteiger partial charge is 0.311 e. The Hall–Kier alpha value is -1.75. The summed E-state index contributed by atoms with van der Waals surface area (Å²) in [5.74, 6) is 1.43. The molecule has 0 unspecified atom stereocenters. The van der Waals surface area contributed by atoms with Crippen molar-refractivity contribution in [3.63, 3.8) is 0 Å². The minimum atomic E-state index is -0.215. The SMILES string of the molecule is CCn1c(CBr)nnc1-c1ccc(F)c2ccccc12. The fraction of sp³-hybridized carbons (Fsp3) is 0.200. The van der Waals surface area contributed by atoms with E-state index in [9.17, 15) is 4.39 Å². The topological polar surface area (TPSA) is 30.7 Å². The number of nitrogens with zero attached hydrogens (tertiary/aromatic N) is 3. The summed E-state index contributed by atoms with van der Waals surface area (Å²) in [7, 11) is 0. The normalized spacial score (nSPS) is 11.2. The smallest absolute Gasteiger partial charge is 0.164 e. The molecule has 2 aromatic carbocycles. The number of hydrogen-bond acceptors (Lipinski definition) is 2. The van der Waals surface area contributed by atoms with Crippen LogP contribution in [0.25, 0.3) is 22.2 Å². The Kier molecular flexibility index (Phi) is 3.53. The van der Waals surface area contributed by atoms with Gasteiger partial charge in [-0.1, -0.05) is 40.2 Å². The Balaban J connectivity index is 2.30. The minimum absolute atomic E-state index is 0.215. The van der Waals surface area contributed by atoms with Gasteiger partial charge in [0.25, 0.3) is 0 Å². The molecule has 0 bridgehead atoms. The lowest BCUT2D eigenvalue weighted by Crippen LogP contribution is -2.02. The highest BCUT2D eigenvalue weighted by Gasteiger charge is 2.15. The average molecular weight is 334 g/mol. The van der Waals surface area contributed by atoms with Crippen molar-refractivity contribution < 1.29 is 4.39 Å². The van der Waals surface area contributed by atoms with Crippen molar-refractivity contribution in [3.05, 3.63) is 48.0 Å². The molecule has 0 saturated heterocycles. The molecule has 102 valence electrons. The summed E-state index contributed by atoms with van der Waals surface area (Å²) in [4.78, 5) is 0. The van der Waals surface area contributed by atoms with Crippen LogP contribution >= 0.6 is 15.9 Å². The Bertz CT molecular complexity index is 767. The van der Waals surface area contributed by atoms with E-state index in [0.29, 0.717) is 10.7 Å². The molecule has 1 heterocycles. The lowest BCUT2D eigenvalue weighted by molar-refractivity contribution is 0.640. The Labute approximate surface area is 124 Å². The van der Waals surface area contributed by atoms with Crippen molar-refractivity contribution in [2.45, 2.75) is 18.8 Å². The first-order chi connectivity index (χ1) is 9.76. The second-order valence-corrected chi connectivity index (χ2v) is 5.02. The lowest BCUT2D eigenvalue weighted by Gasteiger charge is -2.09. The number of halogens is 2. The second kappa shape index (κ2) is 5.32. The number of fused-ring (bicyclic) bond motifs is 1. The summed E-state index contributed by atoms with van der Waals surface area (Å²) in [5, 5.41) is 10.6. The minimum Gasteiger partial charge on any atom is -0.311 e. The number of hydrogen-bond donors (Lipinski definition) is 0. The van der Waals surface area contributed by atoms with E-state index >= 15 is 0 Å². The third-order valence-corrected chi connectivity index (χ3v) is 3.88. The molecule has 0 spiro atoms. The molecule has 3 aromatic rings. The maximum atomic E-state index is 13.9. The van der Waals surface area contributed by atoms with Gasteiger partial charge in [0.1, 0.15) is 11.6 Å². The van der Waals surface area contributed by atoms with Crippen LogP contribution in [-0.4, -0.2) is 14.8 Å². The predicted octanol–water partition coefficient (Wildman–Crippen LogP) is 4.15. The summed E-state index contributed by atoms with van der Waals surface area (Å²) in [6.07, 6.45) is 0. The van der Waals surface area contributed by atoms with Crippen LogP contribution in [0.5, 0.6) is 0 Å². The van der Waals surface area contributed by atoms with E-state index in [0.717, 1.165) is 29.1 Å². The monoisotopic (exact) mass is 333 g/mol. The summed E-state index contributed by atoms with van der Waals surface area (Å²) in [5.41, 5.74) is 0.906. The molecule has 0 amide bonds. The zero-order valence-corrected chi connectivity index (χ0v) is 12.6. The van der Waals surface area contributed by atoms with Crippen molar-refractivity contribution in [1.82, 2.24) is 14.8 Å². The molecule has 1 aromatic heterocycles. The van der Waals surface area contributed by atoms with E-state index in [1.165, 1.54) is 6.07 Å². The maximum Gasteiger partial charge on any atom is 0.164 e. The van der Waals surface area contributed by atoms with Crippen LogP contribution < -0.4 is 0 Å². The van der Waals surface area contributed by atoms with Crippen molar-refractivity contribution in [2.75, 3.05) is 0 Å². The first-order valence-electron chi connectivity index (χ1n) is 6.42. The molecule has 20 heavy (non-hydrogen) atoms. The third-order valence-electron chi connectivity index (χ3n) is 3.37. The van der Waals surface area contributed by atoms with E-state index < -0.39 is 0 Å². The lowest BCUT2D eigenvalue weighted by atomic mass is 10.0. The number of alkyl halides is 1. The molecule has 0 radical (unpaired) electrons. The van der Waals surface area contributed by atoms with Gasteiger partial charge in [0.2, 0.25) is 0 Å². The predicted molar refractivity (Wildman–Crippen MR) is 81.2 cm³/mol. The van der Waals surface area contributed by atoms with Crippen LogP contribution in [0.2, 0.25) is 0 Å². The van der Waals surface area contributed by atoms with Crippen LogP contribution in [0.4, 0.5) is 4.39 Å². The second-order valence-electron chi connectivity index (χ2n) is 4.46. The standard InChI is InChI=1S/C15H13BrFN3/c1-2-20-14(9-16)18-19-15(20)12-7-8-13(17)11-6-4-3-5-10(11)12/h3-8H,2,9H2,1H3. The highest BCUT2D eigenvalue weighted by atomic mass is 79.9. The molecule has 0 saturated carbocycles. The van der Waals surface area contributed by atoms with Gasteiger partial charge < -0.3 is 4.57 Å². The van der Waals surface area contributed by atoms with Crippen LogP contribution in [0.1, 0.15) is 12.7 Å². The van der Waals surface area contributed by atoms with Crippen molar-refractivity contribution >= 4 is 26.7 Å². The molecule has 0 aliphatic heterocycles. The highest BCUT2D eigenvalue weighted by molar-refractivity contribution is 9.08. The van der Waals surface area contributed by atoms with Crippen LogP contribution in [0, 0.1) is 5.82 Å². The van der Waals surface area contributed by atoms with Crippen molar-refractivity contribution in [1.29, 1.82) is 0 Å². The summed E-state index contributed by atoms with van der Waals surface area (Å²) >= 11 is 3.41. The van der Waals surface area contributed by atoms with Crippen molar-refractivity contribution in [3.8, 4) is 11.4 Å². The Morgan fingerprint density at radius 2 is 1.85 bits per heavy atom. The van der Waals surface area contributed by atoms with E-state index in [-0.39, 0.29) is 5.82 Å². The number of benzene rings is 2. The molecule has 0 N–H and O–H groups in total. The van der Waals surface area contributed by atoms with Gasteiger partial charge in [-0.05, 0) is 24.4 Å². The van der Waals surface area contributed by atoms with Gasteiger partial charge in [0.05, 0.1) is 5.33 Å². The molecule has 0 aliphatic carbocycles. The third kappa shape index (κ3) is 2.02. The van der Waals surface area contributed by atoms with Crippen LogP contribution in [0.3, 0.4) is 0 Å². The van der Waals surface area contributed by atoms with Gasteiger partial charge in [-0.25, -0.2) is 4.39 Å². The fourth-order valence-corrected chi connectivity index (χ4v) is 2.84. The zero-order chi connectivity index (χ0) is 14.1. The van der Waals surface area contributed by atoms with E-state index in [1.54, 1.807) is 12.1 Å². The molecule has 3 nitrogen and oxygen atoms in total. The number of aromatic nitrogens is 3. The molecule has 0 fully saturated rings. The molecular formula is C15H13BrFN3. The highest BCUT2D eigenvalue weighted by Crippen LogP contribution is 2.29. The number of rotatable bonds is 3. The van der Waals surface area contributed by atoms with Gasteiger partial charge in [0, 0.05) is 17.5 Å². The molecule has 0 aliphatic rings. The summed E-state index contributed by atoms with van der Waals surface area (Å²) < 4.78 is 15.9. The molecule has 5 heteroatoms. The summed E-state index contributed by atoms with van der Waals surface area (Å²) in [6.45, 7) is 2.82. The molecule has 0 atom stereocenters. The van der Waals surface area contributed by atoms with Gasteiger partial charge in [0.15, 0.2) is 5.82 Å². The van der Waals surface area contributed by atoms with Crippen molar-refractivity contribution in [2.24, 2.45) is 0 Å². The maximum absolute atomic E-state index is 13.9. The Morgan fingerprint density at radius 1 is 1.10 bits per heavy atom. The average Bonchev–Trinajstić information content (AvgIpc) is 2.90. The fourth-order valence-electron chi connectivity index (χ4n) is 2.42. The quantitative estimate of drug-likeness (QED) is 0.674. The molecule has 3 rings (SSSR count). The van der Waals surface area contributed by atoms with Crippen LogP contribution in [-0.2, 0) is 11.9 Å². The van der Waals surface area contributed by atoms with Gasteiger partial charge in [-0.2, -0.15) is 0 Å². The Morgan fingerprint density at radius 3 is 2.55 bits per heavy atom. The van der Waals surface area contributed by atoms with E-state index in [4.69, 9.17) is 0 Å². The summed E-state index contributed by atoms with van der Waals surface area (Å²) in [6, 6.07) is 10.7. The van der Waals surface area contributed by atoms with Gasteiger partial charge in [-0.3, -0.25) is 0 Å². The van der Waals surface area contributed by atoms with E-state index in [1.807, 2.05) is 29.7 Å². The zero-order valence-electron chi connectivity index (χ0n) is 11.0.